The zero-order chi connectivity index (χ0) is 17.4. The number of rotatable bonds is 4. The third-order valence-corrected chi connectivity index (χ3v) is 6.09. The lowest BCUT2D eigenvalue weighted by molar-refractivity contribution is -0.127. The van der Waals surface area contributed by atoms with Crippen molar-refractivity contribution in [2.45, 2.75) is 38.3 Å². The van der Waals surface area contributed by atoms with Crippen LogP contribution in [0.15, 0.2) is 28.4 Å². The molecular formula is C18H22N4O2S. The highest BCUT2D eigenvalue weighted by molar-refractivity contribution is 7.09. The Labute approximate surface area is 150 Å². The van der Waals surface area contributed by atoms with Gasteiger partial charge in [-0.1, -0.05) is 13.0 Å². The smallest absolute Gasteiger partial charge is 0.251 e. The van der Waals surface area contributed by atoms with E-state index in [-0.39, 0.29) is 17.4 Å². The van der Waals surface area contributed by atoms with E-state index in [9.17, 15) is 9.59 Å². The Morgan fingerprint density at radius 2 is 2.32 bits per heavy atom. The molecule has 2 aromatic rings. The minimum Gasteiger partial charge on any atom is -0.348 e. The molecule has 2 aliphatic heterocycles. The molecule has 4 rings (SSSR count). The van der Waals surface area contributed by atoms with Gasteiger partial charge in [-0.15, -0.1) is 11.3 Å². The summed E-state index contributed by atoms with van der Waals surface area (Å²) in [4.78, 5) is 29.9. The monoisotopic (exact) mass is 358 g/mol. The molecule has 6 nitrogen and oxygen atoms in total. The van der Waals surface area contributed by atoms with Gasteiger partial charge in [0.1, 0.15) is 11.0 Å². The molecule has 132 valence electrons. The molecule has 2 aliphatic rings. The number of carbonyl (C=O) groups is 1. The van der Waals surface area contributed by atoms with Crippen molar-refractivity contribution < 1.29 is 4.79 Å². The molecule has 2 aromatic heterocycles. The van der Waals surface area contributed by atoms with Gasteiger partial charge in [-0.05, 0) is 18.9 Å². The third-order valence-electron chi connectivity index (χ3n) is 5.19. The molecule has 0 aromatic carbocycles. The number of hydrogen-bond donors (Lipinski definition) is 2. The molecule has 1 saturated heterocycles. The number of amides is 1. The van der Waals surface area contributed by atoms with E-state index in [4.69, 9.17) is 0 Å². The molecule has 0 radical (unpaired) electrons. The summed E-state index contributed by atoms with van der Waals surface area (Å²) in [6.07, 6.45) is 1.84. The Kier molecular flexibility index (Phi) is 4.43. The van der Waals surface area contributed by atoms with E-state index in [1.165, 1.54) is 0 Å². The number of aryl methyl sites for hydroxylation is 1. The van der Waals surface area contributed by atoms with Crippen molar-refractivity contribution in [3.05, 3.63) is 50.3 Å². The molecule has 25 heavy (non-hydrogen) atoms. The Balaban J connectivity index is 1.59. The topological polar surface area (TPSA) is 76.0 Å². The lowest BCUT2D eigenvalue weighted by atomic mass is 9.79. The summed E-state index contributed by atoms with van der Waals surface area (Å²) < 4.78 is 1.72. The van der Waals surface area contributed by atoms with E-state index < -0.39 is 6.04 Å². The van der Waals surface area contributed by atoms with Crippen molar-refractivity contribution in [2.24, 2.45) is 5.92 Å². The number of hydrogen-bond acceptors (Lipinski definition) is 5. The number of aromatic nitrogens is 2. The summed E-state index contributed by atoms with van der Waals surface area (Å²) >= 11 is 1.56. The zero-order valence-corrected chi connectivity index (χ0v) is 15.0. The minimum atomic E-state index is -0.446. The molecule has 0 unspecified atom stereocenters. The number of nitrogens with one attached hydrogen (secondary N) is 2. The number of fused-ring (bicyclic) bond motifs is 4. The Bertz CT molecular complexity index is 844. The number of carbonyl (C=O) groups excluding carboxylic acids is 1. The van der Waals surface area contributed by atoms with E-state index in [0.29, 0.717) is 12.5 Å². The highest BCUT2D eigenvalue weighted by Crippen LogP contribution is 2.38. The van der Waals surface area contributed by atoms with Crippen LogP contribution in [0.5, 0.6) is 0 Å². The molecule has 2 N–H and O–H groups in total. The van der Waals surface area contributed by atoms with Gasteiger partial charge < -0.3 is 10.6 Å². The van der Waals surface area contributed by atoms with Crippen LogP contribution in [0.2, 0.25) is 0 Å². The van der Waals surface area contributed by atoms with Gasteiger partial charge in [0.05, 0.1) is 12.2 Å². The average Bonchev–Trinajstić information content (AvgIpc) is 3.09. The van der Waals surface area contributed by atoms with Gasteiger partial charge in [0.25, 0.3) is 5.56 Å². The van der Waals surface area contributed by atoms with Crippen LogP contribution in [0.1, 0.15) is 41.7 Å². The van der Waals surface area contributed by atoms with E-state index in [1.54, 1.807) is 28.0 Å². The van der Waals surface area contributed by atoms with Crippen LogP contribution in [0.3, 0.4) is 0 Å². The lowest BCUT2D eigenvalue weighted by Crippen LogP contribution is -2.52. The predicted molar refractivity (Wildman–Crippen MR) is 96.8 cm³/mol. The van der Waals surface area contributed by atoms with Crippen molar-refractivity contribution in [3.8, 4) is 0 Å². The number of pyridine rings is 1. The third kappa shape index (κ3) is 3.02. The van der Waals surface area contributed by atoms with Gasteiger partial charge in [-0.2, -0.15) is 0 Å². The SMILES string of the molecule is CCc1csc(CNC(=O)[C@H]2[C@@H]3CNC[C@@H](C3)c3cccc(=O)n32)n1. The molecule has 1 amide bonds. The second-order valence-electron chi connectivity index (χ2n) is 6.76. The standard InChI is InChI=1S/C18H22N4O2S/c1-2-13-10-25-15(21-13)9-20-18(24)17-12-6-11(7-19-8-12)14-4-3-5-16(23)22(14)17/h3-5,10-12,17,19H,2,6-9H2,1H3,(H,20,24)/t11-,12+,17-/m1/s1. The van der Waals surface area contributed by atoms with Crippen molar-refractivity contribution in [3.63, 3.8) is 0 Å². The van der Waals surface area contributed by atoms with Gasteiger partial charge in [0.2, 0.25) is 5.91 Å². The van der Waals surface area contributed by atoms with Crippen LogP contribution in [0.25, 0.3) is 0 Å². The second kappa shape index (κ2) is 6.72. The van der Waals surface area contributed by atoms with Gasteiger partial charge in [-0.25, -0.2) is 4.98 Å². The molecule has 2 bridgehead atoms. The number of piperidine rings is 1. The predicted octanol–water partition coefficient (Wildman–Crippen LogP) is 1.43. The largest absolute Gasteiger partial charge is 0.348 e. The van der Waals surface area contributed by atoms with Crippen LogP contribution in [0, 0.1) is 5.92 Å². The van der Waals surface area contributed by atoms with E-state index in [2.05, 4.69) is 22.5 Å². The summed E-state index contributed by atoms with van der Waals surface area (Å²) in [7, 11) is 0. The zero-order valence-electron chi connectivity index (χ0n) is 14.2. The van der Waals surface area contributed by atoms with Gasteiger partial charge in [0.15, 0.2) is 0 Å². The average molecular weight is 358 g/mol. The van der Waals surface area contributed by atoms with Crippen LogP contribution in [-0.2, 0) is 17.8 Å². The van der Waals surface area contributed by atoms with Crippen LogP contribution in [0.4, 0.5) is 0 Å². The fraction of sp³-hybridized carbons (Fsp3) is 0.500. The van der Waals surface area contributed by atoms with Crippen molar-refractivity contribution in [2.75, 3.05) is 13.1 Å². The van der Waals surface area contributed by atoms with Crippen molar-refractivity contribution in [1.29, 1.82) is 0 Å². The van der Waals surface area contributed by atoms with E-state index >= 15 is 0 Å². The minimum absolute atomic E-state index is 0.0863. The Hall–Kier alpha value is -1.99. The molecule has 0 saturated carbocycles. The molecule has 7 heteroatoms. The summed E-state index contributed by atoms with van der Waals surface area (Å²) in [6.45, 7) is 4.12. The fourth-order valence-electron chi connectivity index (χ4n) is 3.99. The molecule has 3 atom stereocenters. The highest BCUT2D eigenvalue weighted by atomic mass is 32.1. The first kappa shape index (κ1) is 16.5. The molecule has 4 heterocycles. The highest BCUT2D eigenvalue weighted by Gasteiger charge is 2.41. The molecule has 0 aliphatic carbocycles. The first-order valence-corrected chi connectivity index (χ1v) is 9.68. The first-order valence-electron chi connectivity index (χ1n) is 8.80. The maximum Gasteiger partial charge on any atom is 0.251 e. The second-order valence-corrected chi connectivity index (χ2v) is 7.70. The summed E-state index contributed by atoms with van der Waals surface area (Å²) in [5, 5.41) is 9.34. The Morgan fingerprint density at radius 1 is 1.44 bits per heavy atom. The van der Waals surface area contributed by atoms with Gasteiger partial charge in [0, 0.05) is 42.1 Å². The summed E-state index contributed by atoms with van der Waals surface area (Å²) in [5.41, 5.74) is 1.93. The molecular weight excluding hydrogens is 336 g/mol. The van der Waals surface area contributed by atoms with Crippen LogP contribution >= 0.6 is 11.3 Å². The molecule has 1 fully saturated rings. The van der Waals surface area contributed by atoms with E-state index in [1.807, 2.05) is 11.4 Å². The summed E-state index contributed by atoms with van der Waals surface area (Å²) in [5.74, 6) is 0.367. The molecule has 0 spiro atoms. The van der Waals surface area contributed by atoms with Gasteiger partial charge >= 0.3 is 0 Å². The Morgan fingerprint density at radius 3 is 3.12 bits per heavy atom. The lowest BCUT2D eigenvalue weighted by Gasteiger charge is -2.42. The normalized spacial score (nSPS) is 24.6. The quantitative estimate of drug-likeness (QED) is 0.867. The first-order chi connectivity index (χ1) is 12.2. The maximum atomic E-state index is 12.9. The summed E-state index contributed by atoms with van der Waals surface area (Å²) in [6, 6.07) is 4.87. The van der Waals surface area contributed by atoms with Crippen molar-refractivity contribution in [1.82, 2.24) is 20.2 Å². The van der Waals surface area contributed by atoms with Crippen molar-refractivity contribution >= 4 is 17.2 Å². The van der Waals surface area contributed by atoms with Crippen LogP contribution in [-0.4, -0.2) is 28.5 Å². The van der Waals surface area contributed by atoms with Gasteiger partial charge in [-0.3, -0.25) is 14.2 Å². The van der Waals surface area contributed by atoms with E-state index in [0.717, 1.165) is 42.3 Å². The fourth-order valence-corrected chi connectivity index (χ4v) is 4.81. The van der Waals surface area contributed by atoms with Crippen LogP contribution < -0.4 is 16.2 Å². The maximum absolute atomic E-state index is 12.9. The number of nitrogens with zero attached hydrogens (tertiary/aromatic N) is 2. The number of thiazole rings is 1.